The summed E-state index contributed by atoms with van der Waals surface area (Å²) >= 11 is 5.35. The highest BCUT2D eigenvalue weighted by atomic mass is 79.9. The Morgan fingerprint density at radius 3 is 2.47 bits per heavy atom. The number of benzene rings is 1. The fourth-order valence-corrected chi connectivity index (χ4v) is 3.01. The van der Waals surface area contributed by atoms with E-state index >= 15 is 0 Å². The molecule has 1 heterocycles. The first-order chi connectivity index (χ1) is 8.29. The molecule has 2 aromatic rings. The first-order valence-electron chi connectivity index (χ1n) is 5.77. The zero-order chi connectivity index (χ0) is 12.1. The lowest BCUT2D eigenvalue weighted by Crippen LogP contribution is -2.22. The van der Waals surface area contributed by atoms with E-state index < -0.39 is 0 Å². The molecular weight excluding hydrogens is 294 g/mol. The van der Waals surface area contributed by atoms with E-state index in [1.807, 2.05) is 0 Å². The van der Waals surface area contributed by atoms with Crippen molar-refractivity contribution in [1.82, 2.24) is 4.90 Å². The minimum atomic E-state index is 1.01. The van der Waals surface area contributed by atoms with Gasteiger partial charge in [-0.25, -0.2) is 0 Å². The summed E-state index contributed by atoms with van der Waals surface area (Å²) < 4.78 is 1.25. The SMILES string of the molecule is CCN(Cc1ccccc1)Cc1ccsc1Br. The Hall–Kier alpha value is -0.640. The molecule has 0 fully saturated rings. The molecule has 1 aromatic heterocycles. The van der Waals surface area contributed by atoms with Crippen molar-refractivity contribution < 1.29 is 0 Å². The molecule has 0 bridgehead atoms. The van der Waals surface area contributed by atoms with Gasteiger partial charge < -0.3 is 0 Å². The van der Waals surface area contributed by atoms with Gasteiger partial charge in [-0.2, -0.15) is 0 Å². The normalized spacial score (nSPS) is 11.0. The summed E-state index contributed by atoms with van der Waals surface area (Å²) in [6.45, 7) is 5.30. The second kappa shape index (κ2) is 6.34. The van der Waals surface area contributed by atoms with Crippen LogP contribution in [0.1, 0.15) is 18.1 Å². The van der Waals surface area contributed by atoms with Gasteiger partial charge in [-0.1, -0.05) is 37.3 Å². The number of hydrogen-bond acceptors (Lipinski definition) is 2. The fraction of sp³-hybridized carbons (Fsp3) is 0.286. The van der Waals surface area contributed by atoms with Crippen molar-refractivity contribution in [3.05, 3.63) is 56.7 Å². The average molecular weight is 310 g/mol. The molecule has 2 rings (SSSR count). The second-order valence-corrected chi connectivity index (χ2v) is 6.24. The Kier molecular flexibility index (Phi) is 4.77. The number of thiophene rings is 1. The summed E-state index contributed by atoms with van der Waals surface area (Å²) in [5, 5.41) is 2.13. The van der Waals surface area contributed by atoms with E-state index in [4.69, 9.17) is 0 Å². The number of hydrogen-bond donors (Lipinski definition) is 0. The van der Waals surface area contributed by atoms with E-state index in [9.17, 15) is 0 Å². The van der Waals surface area contributed by atoms with Gasteiger partial charge in [0.1, 0.15) is 0 Å². The third kappa shape index (κ3) is 3.66. The molecule has 0 aliphatic carbocycles. The van der Waals surface area contributed by atoms with Crippen LogP contribution in [0.25, 0.3) is 0 Å². The zero-order valence-corrected chi connectivity index (χ0v) is 12.3. The molecule has 0 saturated heterocycles. The maximum Gasteiger partial charge on any atom is 0.0743 e. The van der Waals surface area contributed by atoms with Crippen molar-refractivity contribution in [3.63, 3.8) is 0 Å². The summed E-state index contributed by atoms with van der Waals surface area (Å²) in [6, 6.07) is 12.8. The lowest BCUT2D eigenvalue weighted by atomic mass is 10.2. The Labute approximate surface area is 115 Å². The molecule has 0 saturated carbocycles. The fourth-order valence-electron chi connectivity index (χ4n) is 1.79. The Morgan fingerprint density at radius 2 is 1.88 bits per heavy atom. The van der Waals surface area contributed by atoms with Crippen LogP contribution in [0.4, 0.5) is 0 Å². The molecule has 0 unspecified atom stereocenters. The van der Waals surface area contributed by atoms with Gasteiger partial charge in [0.2, 0.25) is 0 Å². The van der Waals surface area contributed by atoms with Crippen LogP contribution in [-0.2, 0) is 13.1 Å². The molecule has 90 valence electrons. The summed E-state index contributed by atoms with van der Waals surface area (Å²) in [6.07, 6.45) is 0. The molecule has 0 atom stereocenters. The van der Waals surface area contributed by atoms with E-state index in [2.05, 4.69) is 69.5 Å². The highest BCUT2D eigenvalue weighted by molar-refractivity contribution is 9.11. The van der Waals surface area contributed by atoms with E-state index in [0.29, 0.717) is 0 Å². The maximum atomic E-state index is 3.60. The highest BCUT2D eigenvalue weighted by Crippen LogP contribution is 2.25. The molecule has 1 nitrogen and oxygen atoms in total. The van der Waals surface area contributed by atoms with Crippen molar-refractivity contribution in [2.75, 3.05) is 6.54 Å². The van der Waals surface area contributed by atoms with E-state index in [-0.39, 0.29) is 0 Å². The highest BCUT2D eigenvalue weighted by Gasteiger charge is 2.08. The van der Waals surface area contributed by atoms with Crippen LogP contribution in [0.2, 0.25) is 0 Å². The van der Waals surface area contributed by atoms with E-state index in [1.165, 1.54) is 14.9 Å². The molecule has 0 aliphatic heterocycles. The standard InChI is InChI=1S/C14H16BrNS/c1-2-16(10-12-6-4-3-5-7-12)11-13-8-9-17-14(13)15/h3-9H,2,10-11H2,1H3. The van der Waals surface area contributed by atoms with Crippen molar-refractivity contribution in [2.45, 2.75) is 20.0 Å². The van der Waals surface area contributed by atoms with E-state index in [1.54, 1.807) is 11.3 Å². The molecule has 3 heteroatoms. The topological polar surface area (TPSA) is 3.24 Å². The molecule has 0 amide bonds. The zero-order valence-electron chi connectivity index (χ0n) is 9.90. The van der Waals surface area contributed by atoms with Crippen LogP contribution < -0.4 is 0 Å². The maximum absolute atomic E-state index is 3.60. The summed E-state index contributed by atoms with van der Waals surface area (Å²) in [4.78, 5) is 2.45. The van der Waals surface area contributed by atoms with Crippen LogP contribution in [-0.4, -0.2) is 11.4 Å². The average Bonchev–Trinajstić information content (AvgIpc) is 2.75. The van der Waals surface area contributed by atoms with Gasteiger partial charge in [-0.05, 0) is 45.0 Å². The van der Waals surface area contributed by atoms with Gasteiger partial charge >= 0.3 is 0 Å². The van der Waals surface area contributed by atoms with Gasteiger partial charge in [0.05, 0.1) is 3.79 Å². The molecule has 17 heavy (non-hydrogen) atoms. The summed E-state index contributed by atoms with van der Waals surface area (Å²) in [5.74, 6) is 0. The summed E-state index contributed by atoms with van der Waals surface area (Å²) in [7, 11) is 0. The molecule has 0 radical (unpaired) electrons. The Balaban J connectivity index is 2.00. The lowest BCUT2D eigenvalue weighted by molar-refractivity contribution is 0.271. The predicted molar refractivity (Wildman–Crippen MR) is 78.2 cm³/mol. The van der Waals surface area contributed by atoms with Crippen LogP contribution in [0.15, 0.2) is 45.6 Å². The van der Waals surface area contributed by atoms with Gasteiger partial charge in [0, 0.05) is 13.1 Å². The Morgan fingerprint density at radius 1 is 1.12 bits per heavy atom. The smallest absolute Gasteiger partial charge is 0.0743 e. The monoisotopic (exact) mass is 309 g/mol. The van der Waals surface area contributed by atoms with Crippen LogP contribution in [0, 0.1) is 0 Å². The van der Waals surface area contributed by atoms with E-state index in [0.717, 1.165) is 19.6 Å². The minimum absolute atomic E-state index is 1.01. The number of rotatable bonds is 5. The molecule has 0 aliphatic rings. The largest absolute Gasteiger partial charge is 0.295 e. The quantitative estimate of drug-likeness (QED) is 0.784. The third-order valence-electron chi connectivity index (χ3n) is 2.78. The van der Waals surface area contributed by atoms with Crippen LogP contribution in [0.3, 0.4) is 0 Å². The first-order valence-corrected chi connectivity index (χ1v) is 7.45. The second-order valence-electron chi connectivity index (χ2n) is 4.01. The predicted octanol–water partition coefficient (Wildman–Crippen LogP) is 4.53. The first kappa shape index (κ1) is 12.8. The van der Waals surface area contributed by atoms with Gasteiger partial charge in [0.25, 0.3) is 0 Å². The summed E-state index contributed by atoms with van der Waals surface area (Å²) in [5.41, 5.74) is 2.76. The number of halogens is 1. The third-order valence-corrected chi connectivity index (χ3v) is 4.59. The van der Waals surface area contributed by atoms with Crippen molar-refractivity contribution >= 4 is 27.3 Å². The van der Waals surface area contributed by atoms with Gasteiger partial charge in [0.15, 0.2) is 0 Å². The molecule has 0 N–H and O–H groups in total. The van der Waals surface area contributed by atoms with Crippen molar-refractivity contribution in [1.29, 1.82) is 0 Å². The van der Waals surface area contributed by atoms with Crippen molar-refractivity contribution in [2.24, 2.45) is 0 Å². The number of nitrogens with zero attached hydrogens (tertiary/aromatic N) is 1. The molecule has 1 aromatic carbocycles. The Bertz CT molecular complexity index is 452. The van der Waals surface area contributed by atoms with Crippen LogP contribution in [0.5, 0.6) is 0 Å². The van der Waals surface area contributed by atoms with Gasteiger partial charge in [-0.3, -0.25) is 4.90 Å². The van der Waals surface area contributed by atoms with Gasteiger partial charge in [-0.15, -0.1) is 11.3 Å². The van der Waals surface area contributed by atoms with Crippen molar-refractivity contribution in [3.8, 4) is 0 Å². The molecule has 0 spiro atoms. The molecular formula is C14H16BrNS. The lowest BCUT2D eigenvalue weighted by Gasteiger charge is -2.20. The van der Waals surface area contributed by atoms with Crippen LogP contribution >= 0.6 is 27.3 Å². The minimum Gasteiger partial charge on any atom is -0.295 e.